The van der Waals surface area contributed by atoms with Gasteiger partial charge in [0.05, 0.1) is 12.3 Å². The van der Waals surface area contributed by atoms with Crippen molar-refractivity contribution < 1.29 is 9.53 Å². The third-order valence-corrected chi connectivity index (χ3v) is 3.09. The van der Waals surface area contributed by atoms with Crippen molar-refractivity contribution in [2.75, 3.05) is 13.2 Å². The summed E-state index contributed by atoms with van der Waals surface area (Å²) >= 11 is 0. The molecule has 6 nitrogen and oxygen atoms in total. The van der Waals surface area contributed by atoms with E-state index in [0.717, 1.165) is 17.5 Å². The van der Waals surface area contributed by atoms with Crippen LogP contribution < -0.4 is 5.32 Å². The summed E-state index contributed by atoms with van der Waals surface area (Å²) in [6.07, 6.45) is 9.83. The molecule has 0 atom stereocenters. The normalized spacial score (nSPS) is 11.3. The largest absolute Gasteiger partial charge is 0.379 e. The Hall–Kier alpha value is -2.47. The fourth-order valence-electron chi connectivity index (χ4n) is 1.95. The number of pyridine rings is 1. The molecule has 0 aliphatic carbocycles. The zero-order valence-corrected chi connectivity index (χ0v) is 13.5. The van der Waals surface area contributed by atoms with Gasteiger partial charge in [-0.2, -0.15) is 5.10 Å². The third kappa shape index (κ3) is 5.67. The van der Waals surface area contributed by atoms with E-state index in [2.05, 4.69) is 20.5 Å². The van der Waals surface area contributed by atoms with Crippen molar-refractivity contribution in [1.29, 1.82) is 0 Å². The Kier molecular flexibility index (Phi) is 6.50. The van der Waals surface area contributed by atoms with Crippen molar-refractivity contribution >= 4 is 18.1 Å². The van der Waals surface area contributed by atoms with Gasteiger partial charge < -0.3 is 10.1 Å². The van der Waals surface area contributed by atoms with Crippen LogP contribution in [0.5, 0.6) is 0 Å². The molecule has 1 amide bonds. The summed E-state index contributed by atoms with van der Waals surface area (Å²) in [6, 6.07) is 3.81. The quantitative estimate of drug-likeness (QED) is 0.734. The summed E-state index contributed by atoms with van der Waals surface area (Å²) in [6.45, 7) is 5.18. The Labute approximate surface area is 136 Å². The standard InChI is InChI=1S/C17H22N4O2/c1-13(2)23-10-4-9-19-17(22)16-15(12-20-21-16)7-6-14-5-3-8-18-11-14/h3,5-8,11-13H,4,9-10H2,1-2H3,(H,19,22)(H,20,21)/b7-6+. The number of hydrogen-bond acceptors (Lipinski definition) is 4. The fraction of sp³-hybridized carbons (Fsp3) is 0.353. The van der Waals surface area contributed by atoms with Gasteiger partial charge in [0.15, 0.2) is 0 Å². The average Bonchev–Trinajstić information content (AvgIpc) is 3.02. The van der Waals surface area contributed by atoms with Crippen LogP contribution in [-0.2, 0) is 4.74 Å². The van der Waals surface area contributed by atoms with Crippen LogP contribution in [0.3, 0.4) is 0 Å². The van der Waals surface area contributed by atoms with E-state index in [9.17, 15) is 4.79 Å². The van der Waals surface area contributed by atoms with E-state index >= 15 is 0 Å². The summed E-state index contributed by atoms with van der Waals surface area (Å²) in [7, 11) is 0. The zero-order chi connectivity index (χ0) is 16.5. The number of rotatable bonds is 8. The van der Waals surface area contributed by atoms with E-state index in [1.165, 1.54) is 0 Å². The van der Waals surface area contributed by atoms with Crippen molar-refractivity contribution in [2.24, 2.45) is 0 Å². The number of ether oxygens (including phenoxy) is 1. The molecule has 2 heterocycles. The number of carbonyl (C=O) groups excluding carboxylic acids is 1. The maximum Gasteiger partial charge on any atom is 0.269 e. The molecule has 0 unspecified atom stereocenters. The van der Waals surface area contributed by atoms with Crippen LogP contribution in [0.25, 0.3) is 12.2 Å². The number of amides is 1. The first-order valence-corrected chi connectivity index (χ1v) is 7.68. The second-order valence-electron chi connectivity index (χ2n) is 5.35. The van der Waals surface area contributed by atoms with Gasteiger partial charge in [-0.1, -0.05) is 18.2 Å². The van der Waals surface area contributed by atoms with Crippen molar-refractivity contribution in [3.8, 4) is 0 Å². The highest BCUT2D eigenvalue weighted by atomic mass is 16.5. The summed E-state index contributed by atoms with van der Waals surface area (Å²) in [4.78, 5) is 16.2. The van der Waals surface area contributed by atoms with Crippen LogP contribution in [0.2, 0.25) is 0 Å². The second kappa shape index (κ2) is 8.85. The summed E-state index contributed by atoms with van der Waals surface area (Å²) < 4.78 is 5.44. The predicted octanol–water partition coefficient (Wildman–Crippen LogP) is 2.52. The number of nitrogens with zero attached hydrogens (tertiary/aromatic N) is 2. The van der Waals surface area contributed by atoms with E-state index in [1.807, 2.05) is 38.1 Å². The number of hydrogen-bond donors (Lipinski definition) is 2. The molecule has 0 fully saturated rings. The molecule has 2 N–H and O–H groups in total. The molecule has 122 valence electrons. The molecular weight excluding hydrogens is 292 g/mol. The molecule has 0 aliphatic heterocycles. The van der Waals surface area contributed by atoms with Crippen LogP contribution in [0.4, 0.5) is 0 Å². The van der Waals surface area contributed by atoms with Gasteiger partial charge in [-0.3, -0.25) is 14.9 Å². The lowest BCUT2D eigenvalue weighted by molar-refractivity contribution is 0.0756. The average molecular weight is 314 g/mol. The minimum absolute atomic E-state index is 0.169. The maximum absolute atomic E-state index is 12.2. The highest BCUT2D eigenvalue weighted by Crippen LogP contribution is 2.10. The maximum atomic E-state index is 12.2. The lowest BCUT2D eigenvalue weighted by atomic mass is 10.2. The number of H-pyrrole nitrogens is 1. The smallest absolute Gasteiger partial charge is 0.269 e. The Morgan fingerprint density at radius 2 is 2.26 bits per heavy atom. The molecule has 0 radical (unpaired) electrons. The minimum atomic E-state index is -0.169. The number of carbonyl (C=O) groups is 1. The fourth-order valence-corrected chi connectivity index (χ4v) is 1.95. The molecule has 0 saturated carbocycles. The number of aromatic nitrogens is 3. The van der Waals surface area contributed by atoms with E-state index in [4.69, 9.17) is 4.74 Å². The summed E-state index contributed by atoms with van der Waals surface area (Å²) in [5.74, 6) is -0.169. The summed E-state index contributed by atoms with van der Waals surface area (Å²) in [5, 5.41) is 9.55. The monoisotopic (exact) mass is 314 g/mol. The van der Waals surface area contributed by atoms with Crippen LogP contribution in [-0.4, -0.2) is 40.3 Å². The third-order valence-electron chi connectivity index (χ3n) is 3.09. The lowest BCUT2D eigenvalue weighted by Gasteiger charge is -2.08. The van der Waals surface area contributed by atoms with Crippen LogP contribution >= 0.6 is 0 Å². The molecule has 2 aromatic heterocycles. The first-order chi connectivity index (χ1) is 11.2. The Balaban J connectivity index is 1.87. The molecule has 0 saturated heterocycles. The van der Waals surface area contributed by atoms with Gasteiger partial charge in [-0.05, 0) is 31.9 Å². The molecule has 2 aromatic rings. The zero-order valence-electron chi connectivity index (χ0n) is 13.5. The molecule has 0 spiro atoms. The van der Waals surface area contributed by atoms with Gasteiger partial charge in [0, 0.05) is 31.1 Å². The van der Waals surface area contributed by atoms with Crippen molar-refractivity contribution in [3.05, 3.63) is 47.5 Å². The van der Waals surface area contributed by atoms with Crippen molar-refractivity contribution in [3.63, 3.8) is 0 Å². The van der Waals surface area contributed by atoms with Gasteiger partial charge in [0.25, 0.3) is 5.91 Å². The SMILES string of the molecule is CC(C)OCCCNC(=O)c1[nH]ncc1/C=C/c1cccnc1. The predicted molar refractivity (Wildman–Crippen MR) is 89.8 cm³/mol. The van der Waals surface area contributed by atoms with Crippen molar-refractivity contribution in [1.82, 2.24) is 20.5 Å². The van der Waals surface area contributed by atoms with E-state index in [-0.39, 0.29) is 12.0 Å². The molecule has 6 heteroatoms. The number of nitrogens with one attached hydrogen (secondary N) is 2. The van der Waals surface area contributed by atoms with Crippen molar-refractivity contribution in [2.45, 2.75) is 26.4 Å². The first kappa shape index (κ1) is 16.9. The van der Waals surface area contributed by atoms with Gasteiger partial charge >= 0.3 is 0 Å². The molecular formula is C17H22N4O2. The van der Waals surface area contributed by atoms with Gasteiger partial charge in [0.2, 0.25) is 0 Å². The van der Waals surface area contributed by atoms with Crippen LogP contribution in [0.1, 0.15) is 41.9 Å². The molecule has 0 bridgehead atoms. The van der Waals surface area contributed by atoms with Gasteiger partial charge in [-0.15, -0.1) is 0 Å². The Morgan fingerprint density at radius 1 is 1.39 bits per heavy atom. The van der Waals surface area contributed by atoms with Crippen LogP contribution in [0.15, 0.2) is 30.7 Å². The van der Waals surface area contributed by atoms with Gasteiger partial charge in [0.1, 0.15) is 5.69 Å². The highest BCUT2D eigenvalue weighted by molar-refractivity contribution is 5.96. The lowest BCUT2D eigenvalue weighted by Crippen LogP contribution is -2.26. The van der Waals surface area contributed by atoms with Crippen LogP contribution in [0, 0.1) is 0 Å². The first-order valence-electron chi connectivity index (χ1n) is 7.68. The highest BCUT2D eigenvalue weighted by Gasteiger charge is 2.11. The number of aromatic amines is 1. The Morgan fingerprint density at radius 3 is 3.00 bits per heavy atom. The topological polar surface area (TPSA) is 79.9 Å². The van der Waals surface area contributed by atoms with Gasteiger partial charge in [-0.25, -0.2) is 0 Å². The second-order valence-corrected chi connectivity index (χ2v) is 5.35. The van der Waals surface area contributed by atoms with E-state index < -0.39 is 0 Å². The molecule has 23 heavy (non-hydrogen) atoms. The summed E-state index contributed by atoms with van der Waals surface area (Å²) in [5.41, 5.74) is 2.16. The molecule has 0 aromatic carbocycles. The van der Waals surface area contributed by atoms with E-state index in [1.54, 1.807) is 18.6 Å². The molecule has 2 rings (SSSR count). The van der Waals surface area contributed by atoms with E-state index in [0.29, 0.717) is 18.8 Å². The molecule has 0 aliphatic rings. The Bertz CT molecular complexity index is 635. The minimum Gasteiger partial charge on any atom is -0.379 e.